The Bertz CT molecular complexity index is 375. The van der Waals surface area contributed by atoms with E-state index in [0.29, 0.717) is 6.04 Å². The zero-order chi connectivity index (χ0) is 13.2. The van der Waals surface area contributed by atoms with E-state index >= 15 is 0 Å². The van der Waals surface area contributed by atoms with Crippen molar-refractivity contribution in [3.63, 3.8) is 0 Å². The van der Waals surface area contributed by atoms with Crippen LogP contribution < -0.4 is 5.32 Å². The Hall–Kier alpha value is -0.480. The number of hydrogen-bond acceptors (Lipinski definition) is 4. The van der Waals surface area contributed by atoms with Crippen molar-refractivity contribution in [2.75, 3.05) is 7.05 Å². The maximum Gasteiger partial charge on any atom is 0.0857 e. The molecule has 18 heavy (non-hydrogen) atoms. The Morgan fingerprint density at radius 3 is 2.44 bits per heavy atom. The van der Waals surface area contributed by atoms with E-state index in [1.807, 2.05) is 0 Å². The number of nitrogens with zero attached hydrogens (tertiary/aromatic N) is 2. The molecule has 0 amide bonds. The topological polar surface area (TPSA) is 37.8 Å². The van der Waals surface area contributed by atoms with Crippen LogP contribution in [0.2, 0.25) is 0 Å². The van der Waals surface area contributed by atoms with E-state index in [1.165, 1.54) is 42.7 Å². The fourth-order valence-electron chi connectivity index (χ4n) is 2.97. The predicted octanol–water partition coefficient (Wildman–Crippen LogP) is 3.68. The molecule has 1 aliphatic carbocycles. The van der Waals surface area contributed by atoms with E-state index in [9.17, 15) is 0 Å². The van der Waals surface area contributed by atoms with Crippen LogP contribution in [0.1, 0.15) is 69.5 Å². The largest absolute Gasteiger partial charge is 0.312 e. The quantitative estimate of drug-likeness (QED) is 0.908. The summed E-state index contributed by atoms with van der Waals surface area (Å²) in [5.74, 6) is 0.757. The summed E-state index contributed by atoms with van der Waals surface area (Å²) in [6.07, 6.45) is 6.83. The second-order valence-electron chi connectivity index (χ2n) is 6.40. The van der Waals surface area contributed by atoms with Crippen molar-refractivity contribution in [2.45, 2.75) is 64.3 Å². The molecule has 1 atom stereocenters. The summed E-state index contributed by atoms with van der Waals surface area (Å²) >= 11 is 1.58. The summed E-state index contributed by atoms with van der Waals surface area (Å²) in [6.45, 7) is 6.67. The molecular formula is C14H25N3S. The number of rotatable bonds is 3. The standard InChI is InChI=1S/C14H25N3S/c1-14(2,3)13-12(18-17-16-13)11(15-4)10-8-6-5-7-9-10/h10-11,15H,5-9H2,1-4H3. The first-order valence-electron chi connectivity index (χ1n) is 7.04. The SMILES string of the molecule is CNC(c1snnc1C(C)(C)C)C1CCCCC1. The molecule has 0 bridgehead atoms. The van der Waals surface area contributed by atoms with E-state index in [0.717, 1.165) is 5.92 Å². The minimum absolute atomic E-state index is 0.0894. The smallest absolute Gasteiger partial charge is 0.0857 e. The molecule has 1 saturated carbocycles. The Kier molecular flexibility index (Phi) is 4.38. The van der Waals surface area contributed by atoms with Crippen LogP contribution in [0.3, 0.4) is 0 Å². The van der Waals surface area contributed by atoms with E-state index in [2.05, 4.69) is 42.7 Å². The Labute approximate surface area is 115 Å². The molecule has 0 spiro atoms. The summed E-state index contributed by atoms with van der Waals surface area (Å²) in [5, 5.41) is 7.90. The third kappa shape index (κ3) is 2.91. The lowest BCUT2D eigenvalue weighted by atomic mass is 9.81. The molecule has 4 heteroatoms. The summed E-state index contributed by atoms with van der Waals surface area (Å²) in [6, 6.07) is 0.444. The van der Waals surface area contributed by atoms with Crippen LogP contribution in [0.4, 0.5) is 0 Å². The van der Waals surface area contributed by atoms with Gasteiger partial charge in [-0.3, -0.25) is 0 Å². The third-order valence-corrected chi connectivity index (χ3v) is 4.75. The summed E-state index contributed by atoms with van der Waals surface area (Å²) in [5.41, 5.74) is 1.27. The number of aromatic nitrogens is 2. The first kappa shape index (κ1) is 13.9. The van der Waals surface area contributed by atoms with Gasteiger partial charge in [-0.15, -0.1) is 5.10 Å². The van der Waals surface area contributed by atoms with Gasteiger partial charge in [-0.2, -0.15) is 0 Å². The summed E-state index contributed by atoms with van der Waals surface area (Å²) < 4.78 is 4.20. The molecule has 0 aliphatic heterocycles. The second-order valence-corrected chi connectivity index (χ2v) is 7.19. The van der Waals surface area contributed by atoms with Gasteiger partial charge in [0.15, 0.2) is 0 Å². The van der Waals surface area contributed by atoms with Crippen LogP contribution in [0, 0.1) is 5.92 Å². The highest BCUT2D eigenvalue weighted by Gasteiger charge is 2.31. The molecule has 1 aromatic rings. The van der Waals surface area contributed by atoms with E-state index < -0.39 is 0 Å². The lowest BCUT2D eigenvalue weighted by Gasteiger charge is -2.31. The third-order valence-electron chi connectivity index (χ3n) is 3.94. The zero-order valence-corrected chi connectivity index (χ0v) is 12.8. The summed E-state index contributed by atoms with van der Waals surface area (Å²) in [4.78, 5) is 1.36. The zero-order valence-electron chi connectivity index (χ0n) is 12.0. The molecule has 1 aromatic heterocycles. The Morgan fingerprint density at radius 1 is 1.22 bits per heavy atom. The van der Waals surface area contributed by atoms with Gasteiger partial charge in [-0.1, -0.05) is 44.5 Å². The number of nitrogens with one attached hydrogen (secondary N) is 1. The van der Waals surface area contributed by atoms with Gasteiger partial charge < -0.3 is 5.32 Å². The van der Waals surface area contributed by atoms with E-state index in [4.69, 9.17) is 0 Å². The molecule has 3 nitrogen and oxygen atoms in total. The first-order chi connectivity index (χ1) is 8.54. The van der Waals surface area contributed by atoms with Gasteiger partial charge in [0.2, 0.25) is 0 Å². The highest BCUT2D eigenvalue weighted by molar-refractivity contribution is 7.05. The lowest BCUT2D eigenvalue weighted by Crippen LogP contribution is -2.28. The average Bonchev–Trinajstić information content (AvgIpc) is 2.80. The highest BCUT2D eigenvalue weighted by Crippen LogP contribution is 2.39. The lowest BCUT2D eigenvalue weighted by molar-refractivity contribution is 0.282. The Balaban J connectivity index is 2.24. The van der Waals surface area contributed by atoms with Crippen molar-refractivity contribution in [2.24, 2.45) is 5.92 Å². The van der Waals surface area contributed by atoms with E-state index in [-0.39, 0.29) is 5.41 Å². The van der Waals surface area contributed by atoms with Crippen molar-refractivity contribution >= 4 is 11.5 Å². The maximum absolute atomic E-state index is 4.38. The van der Waals surface area contributed by atoms with Gasteiger partial charge in [0.1, 0.15) is 0 Å². The van der Waals surface area contributed by atoms with Crippen LogP contribution in [0.25, 0.3) is 0 Å². The molecule has 1 fully saturated rings. The second kappa shape index (κ2) is 5.66. The minimum atomic E-state index is 0.0894. The van der Waals surface area contributed by atoms with Crippen molar-refractivity contribution in [3.05, 3.63) is 10.6 Å². The monoisotopic (exact) mass is 267 g/mol. The fraction of sp³-hybridized carbons (Fsp3) is 0.857. The van der Waals surface area contributed by atoms with Gasteiger partial charge in [0, 0.05) is 11.5 Å². The van der Waals surface area contributed by atoms with Crippen molar-refractivity contribution in [1.82, 2.24) is 14.9 Å². The Morgan fingerprint density at radius 2 is 1.89 bits per heavy atom. The first-order valence-corrected chi connectivity index (χ1v) is 7.81. The average molecular weight is 267 g/mol. The predicted molar refractivity (Wildman–Crippen MR) is 77.0 cm³/mol. The highest BCUT2D eigenvalue weighted by atomic mass is 32.1. The summed E-state index contributed by atoms with van der Waals surface area (Å²) in [7, 11) is 2.07. The van der Waals surface area contributed by atoms with Crippen molar-refractivity contribution in [3.8, 4) is 0 Å². The van der Waals surface area contributed by atoms with Crippen LogP contribution in [0.15, 0.2) is 0 Å². The molecule has 102 valence electrons. The van der Waals surface area contributed by atoms with E-state index in [1.54, 1.807) is 11.5 Å². The minimum Gasteiger partial charge on any atom is -0.312 e. The molecule has 1 N–H and O–H groups in total. The van der Waals surface area contributed by atoms with Gasteiger partial charge in [-0.05, 0) is 37.3 Å². The fourth-order valence-corrected chi connectivity index (χ4v) is 4.04. The molecule has 1 aliphatic rings. The molecule has 1 heterocycles. The van der Waals surface area contributed by atoms with Crippen molar-refractivity contribution in [1.29, 1.82) is 0 Å². The van der Waals surface area contributed by atoms with Crippen LogP contribution >= 0.6 is 11.5 Å². The normalized spacial score (nSPS) is 20.0. The van der Waals surface area contributed by atoms with Gasteiger partial charge >= 0.3 is 0 Å². The molecule has 0 radical (unpaired) electrons. The molecule has 0 aromatic carbocycles. The molecule has 2 rings (SSSR count). The molecule has 0 saturated heterocycles. The maximum atomic E-state index is 4.38. The van der Waals surface area contributed by atoms with Crippen LogP contribution in [-0.4, -0.2) is 16.6 Å². The van der Waals surface area contributed by atoms with Crippen LogP contribution in [0.5, 0.6) is 0 Å². The van der Waals surface area contributed by atoms with Gasteiger partial charge in [0.25, 0.3) is 0 Å². The van der Waals surface area contributed by atoms with Crippen LogP contribution in [-0.2, 0) is 5.41 Å². The number of hydrogen-bond donors (Lipinski definition) is 1. The molecular weight excluding hydrogens is 242 g/mol. The van der Waals surface area contributed by atoms with Crippen molar-refractivity contribution < 1.29 is 0 Å². The molecule has 1 unspecified atom stereocenters. The van der Waals surface area contributed by atoms with Gasteiger partial charge in [0.05, 0.1) is 10.6 Å². The van der Waals surface area contributed by atoms with Gasteiger partial charge in [-0.25, -0.2) is 0 Å².